The van der Waals surface area contributed by atoms with Gasteiger partial charge in [0.25, 0.3) is 0 Å². The summed E-state index contributed by atoms with van der Waals surface area (Å²) in [7, 11) is 0. The largest absolute Gasteiger partial charge is 0.409 e. The Bertz CT molecular complexity index is 476. The Morgan fingerprint density at radius 2 is 1.79 bits per heavy atom. The Balaban J connectivity index is 2.02. The molecule has 6 nitrogen and oxygen atoms in total. The second-order valence-electron chi connectivity index (χ2n) is 4.53. The van der Waals surface area contributed by atoms with Crippen LogP contribution >= 0.6 is 0 Å². The number of hydrogen-bond acceptors (Lipinski definition) is 4. The third-order valence-corrected chi connectivity index (χ3v) is 3.36. The first-order chi connectivity index (χ1) is 9.11. The van der Waals surface area contributed by atoms with Crippen molar-refractivity contribution >= 4 is 17.4 Å². The lowest BCUT2D eigenvalue weighted by Crippen LogP contribution is -2.48. The molecule has 0 saturated carbocycles. The summed E-state index contributed by atoms with van der Waals surface area (Å²) in [6, 6.07) is 7.52. The van der Waals surface area contributed by atoms with Crippen molar-refractivity contribution in [2.45, 2.75) is 6.92 Å². The zero-order valence-corrected chi connectivity index (χ0v) is 10.9. The number of amides is 1. The molecule has 3 N–H and O–H groups in total. The molecule has 1 aliphatic heterocycles. The number of rotatable bonds is 2. The topological polar surface area (TPSA) is 82.2 Å². The molecule has 1 aromatic rings. The fraction of sp³-hybridized carbons (Fsp3) is 0.385. The fourth-order valence-electron chi connectivity index (χ4n) is 2.18. The number of carbonyl (C=O) groups is 1. The van der Waals surface area contributed by atoms with E-state index in [1.807, 2.05) is 29.2 Å². The minimum absolute atomic E-state index is 0.105. The Morgan fingerprint density at radius 3 is 2.26 bits per heavy atom. The highest BCUT2D eigenvalue weighted by atomic mass is 16.4. The number of hydrogen-bond donors (Lipinski definition) is 2. The van der Waals surface area contributed by atoms with Crippen LogP contribution in [0.4, 0.5) is 5.69 Å². The molecule has 0 aromatic heterocycles. The van der Waals surface area contributed by atoms with E-state index in [0.717, 1.165) is 31.9 Å². The molecule has 1 saturated heterocycles. The van der Waals surface area contributed by atoms with Crippen LogP contribution in [0.3, 0.4) is 0 Å². The Hall–Kier alpha value is -2.24. The highest BCUT2D eigenvalue weighted by molar-refractivity contribution is 5.97. The molecule has 102 valence electrons. The van der Waals surface area contributed by atoms with Gasteiger partial charge in [-0.1, -0.05) is 5.16 Å². The van der Waals surface area contributed by atoms with Gasteiger partial charge < -0.3 is 20.7 Å². The first kappa shape index (κ1) is 13.2. The molecule has 0 aliphatic carbocycles. The number of nitrogens with two attached hydrogens (primary N) is 1. The van der Waals surface area contributed by atoms with Gasteiger partial charge in [0, 0.05) is 44.4 Å². The van der Waals surface area contributed by atoms with Crippen LogP contribution in [0.5, 0.6) is 0 Å². The molecular formula is C13H18N4O2. The summed E-state index contributed by atoms with van der Waals surface area (Å²) in [6.07, 6.45) is 0. The first-order valence-corrected chi connectivity index (χ1v) is 6.20. The van der Waals surface area contributed by atoms with E-state index < -0.39 is 0 Å². The van der Waals surface area contributed by atoms with Crippen molar-refractivity contribution in [1.29, 1.82) is 0 Å². The molecule has 0 unspecified atom stereocenters. The Morgan fingerprint density at radius 1 is 1.21 bits per heavy atom. The second kappa shape index (κ2) is 5.60. The van der Waals surface area contributed by atoms with E-state index in [2.05, 4.69) is 10.1 Å². The fourth-order valence-corrected chi connectivity index (χ4v) is 2.18. The van der Waals surface area contributed by atoms with E-state index in [4.69, 9.17) is 10.9 Å². The first-order valence-electron chi connectivity index (χ1n) is 6.20. The monoisotopic (exact) mass is 262 g/mol. The summed E-state index contributed by atoms with van der Waals surface area (Å²) in [6.45, 7) is 4.74. The summed E-state index contributed by atoms with van der Waals surface area (Å²) >= 11 is 0. The van der Waals surface area contributed by atoms with Crippen LogP contribution in [-0.2, 0) is 4.79 Å². The van der Waals surface area contributed by atoms with Crippen molar-refractivity contribution in [3.8, 4) is 0 Å². The Kier molecular flexibility index (Phi) is 3.89. The number of oxime groups is 1. The van der Waals surface area contributed by atoms with Crippen LogP contribution in [-0.4, -0.2) is 48.0 Å². The van der Waals surface area contributed by atoms with Crippen LogP contribution in [0.1, 0.15) is 12.5 Å². The van der Waals surface area contributed by atoms with E-state index >= 15 is 0 Å². The molecule has 6 heteroatoms. The molecule has 1 aromatic carbocycles. The van der Waals surface area contributed by atoms with Crippen molar-refractivity contribution < 1.29 is 10.0 Å². The smallest absolute Gasteiger partial charge is 0.219 e. The van der Waals surface area contributed by atoms with Crippen LogP contribution in [0.25, 0.3) is 0 Å². The third-order valence-electron chi connectivity index (χ3n) is 3.36. The third kappa shape index (κ3) is 2.96. The number of anilines is 1. The number of amidine groups is 1. The van der Waals surface area contributed by atoms with Crippen LogP contribution < -0.4 is 10.6 Å². The molecule has 0 radical (unpaired) electrons. The number of carbonyl (C=O) groups excluding carboxylic acids is 1. The van der Waals surface area contributed by atoms with Crippen molar-refractivity contribution in [3.63, 3.8) is 0 Å². The molecule has 1 aliphatic rings. The molecule has 1 heterocycles. The number of nitrogens with zero attached hydrogens (tertiary/aromatic N) is 3. The van der Waals surface area contributed by atoms with Gasteiger partial charge in [-0.2, -0.15) is 0 Å². The van der Waals surface area contributed by atoms with Gasteiger partial charge in [-0.05, 0) is 24.3 Å². The number of benzene rings is 1. The van der Waals surface area contributed by atoms with E-state index in [9.17, 15) is 4.79 Å². The summed E-state index contributed by atoms with van der Waals surface area (Å²) in [5, 5.41) is 11.6. The molecule has 0 spiro atoms. The lowest BCUT2D eigenvalue weighted by atomic mass is 10.1. The summed E-state index contributed by atoms with van der Waals surface area (Å²) in [5.41, 5.74) is 7.29. The molecule has 19 heavy (non-hydrogen) atoms. The zero-order chi connectivity index (χ0) is 13.8. The highest BCUT2D eigenvalue weighted by Gasteiger charge is 2.18. The summed E-state index contributed by atoms with van der Waals surface area (Å²) < 4.78 is 0. The SMILES string of the molecule is CC(=O)N1CCN(c2ccc(C(N)=NO)cc2)CC1. The Labute approximate surface area is 112 Å². The van der Waals surface area contributed by atoms with Gasteiger partial charge in [0.15, 0.2) is 5.84 Å². The maximum absolute atomic E-state index is 11.3. The molecule has 1 amide bonds. The van der Waals surface area contributed by atoms with E-state index in [-0.39, 0.29) is 11.7 Å². The minimum atomic E-state index is 0.105. The molecule has 0 bridgehead atoms. The minimum Gasteiger partial charge on any atom is -0.409 e. The predicted molar refractivity (Wildman–Crippen MR) is 73.4 cm³/mol. The van der Waals surface area contributed by atoms with Crippen molar-refractivity contribution in [2.24, 2.45) is 10.9 Å². The molecule has 2 rings (SSSR count). The van der Waals surface area contributed by atoms with Gasteiger partial charge in [-0.15, -0.1) is 0 Å². The van der Waals surface area contributed by atoms with E-state index in [0.29, 0.717) is 5.56 Å². The van der Waals surface area contributed by atoms with Crippen LogP contribution in [0.2, 0.25) is 0 Å². The van der Waals surface area contributed by atoms with Gasteiger partial charge in [0.05, 0.1) is 0 Å². The van der Waals surface area contributed by atoms with Crippen LogP contribution in [0, 0.1) is 0 Å². The van der Waals surface area contributed by atoms with Gasteiger partial charge in [0.1, 0.15) is 0 Å². The van der Waals surface area contributed by atoms with Gasteiger partial charge >= 0.3 is 0 Å². The average Bonchev–Trinajstić information content (AvgIpc) is 2.46. The van der Waals surface area contributed by atoms with Crippen molar-refractivity contribution in [1.82, 2.24) is 4.90 Å². The highest BCUT2D eigenvalue weighted by Crippen LogP contribution is 2.17. The quantitative estimate of drug-likeness (QED) is 0.351. The van der Waals surface area contributed by atoms with Gasteiger partial charge in [-0.3, -0.25) is 4.79 Å². The molecule has 1 fully saturated rings. The normalized spacial score (nSPS) is 16.6. The summed E-state index contributed by atoms with van der Waals surface area (Å²) in [4.78, 5) is 15.3. The maximum atomic E-state index is 11.3. The lowest BCUT2D eigenvalue weighted by Gasteiger charge is -2.35. The molecule has 0 atom stereocenters. The standard InChI is InChI=1S/C13H18N4O2/c1-10(18)16-6-8-17(9-7-16)12-4-2-11(3-5-12)13(14)15-19/h2-5,19H,6-9H2,1H3,(H2,14,15). The van der Waals surface area contributed by atoms with Crippen molar-refractivity contribution in [3.05, 3.63) is 29.8 Å². The van der Waals surface area contributed by atoms with Gasteiger partial charge in [-0.25, -0.2) is 0 Å². The van der Waals surface area contributed by atoms with E-state index in [1.165, 1.54) is 0 Å². The average molecular weight is 262 g/mol. The predicted octanol–water partition coefficient (Wildman–Crippen LogP) is 0.450. The van der Waals surface area contributed by atoms with Gasteiger partial charge in [0.2, 0.25) is 5.91 Å². The lowest BCUT2D eigenvalue weighted by molar-refractivity contribution is -0.129. The maximum Gasteiger partial charge on any atom is 0.219 e. The number of piperazine rings is 1. The zero-order valence-electron chi connectivity index (χ0n) is 10.9. The molecular weight excluding hydrogens is 244 g/mol. The van der Waals surface area contributed by atoms with E-state index in [1.54, 1.807) is 6.92 Å². The summed E-state index contributed by atoms with van der Waals surface area (Å²) in [5.74, 6) is 0.231. The van der Waals surface area contributed by atoms with Crippen LogP contribution in [0.15, 0.2) is 29.4 Å². The van der Waals surface area contributed by atoms with Crippen molar-refractivity contribution in [2.75, 3.05) is 31.1 Å². The second-order valence-corrected chi connectivity index (χ2v) is 4.53.